The zero-order chi connectivity index (χ0) is 12.8. The minimum atomic E-state index is 0.433. The van der Waals surface area contributed by atoms with E-state index in [-0.39, 0.29) is 0 Å². The van der Waals surface area contributed by atoms with E-state index in [1.54, 1.807) is 0 Å². The smallest absolute Gasteiger partial charge is 0.139 e. The molecule has 3 nitrogen and oxygen atoms in total. The lowest BCUT2D eigenvalue weighted by molar-refractivity contribution is 0.733. The van der Waals surface area contributed by atoms with Gasteiger partial charge in [-0.05, 0) is 31.4 Å². The molecule has 17 heavy (non-hydrogen) atoms. The van der Waals surface area contributed by atoms with Crippen LogP contribution in [0, 0.1) is 6.92 Å². The molecule has 0 aromatic carbocycles. The first-order valence-electron chi connectivity index (χ1n) is 6.12. The lowest BCUT2D eigenvalue weighted by atomic mass is 10.1. The van der Waals surface area contributed by atoms with Crippen LogP contribution in [-0.4, -0.2) is 23.1 Å². The summed E-state index contributed by atoms with van der Waals surface area (Å²) in [5.74, 6) is 0.932. The molecule has 0 amide bonds. The number of hydrogen-bond acceptors (Lipinski definition) is 3. The number of rotatable bonds is 6. The number of hydrogen-bond donors (Lipinski definition) is 1. The Hall–Kier alpha value is -1.16. The van der Waals surface area contributed by atoms with Crippen molar-refractivity contribution < 1.29 is 0 Å². The monoisotopic (exact) mass is 251 g/mol. The number of thiocarbonyl (C=S) groups is 1. The molecule has 0 radical (unpaired) electrons. The summed E-state index contributed by atoms with van der Waals surface area (Å²) in [5.41, 5.74) is 7.83. The SMILES string of the molecule is CCCN(CCC)c1nccc(C)c1C(N)=S. The maximum Gasteiger partial charge on any atom is 0.139 e. The number of pyridine rings is 1. The van der Waals surface area contributed by atoms with Crippen molar-refractivity contribution in [2.75, 3.05) is 18.0 Å². The number of nitrogens with zero attached hydrogens (tertiary/aromatic N) is 2. The summed E-state index contributed by atoms with van der Waals surface area (Å²) in [4.78, 5) is 7.16. The van der Waals surface area contributed by atoms with Gasteiger partial charge in [0.2, 0.25) is 0 Å². The minimum Gasteiger partial charge on any atom is -0.389 e. The van der Waals surface area contributed by atoms with Gasteiger partial charge in [-0.3, -0.25) is 0 Å². The lowest BCUT2D eigenvalue weighted by Gasteiger charge is -2.25. The summed E-state index contributed by atoms with van der Waals surface area (Å²) < 4.78 is 0. The van der Waals surface area contributed by atoms with Crippen molar-refractivity contribution in [3.63, 3.8) is 0 Å². The Morgan fingerprint density at radius 2 is 1.94 bits per heavy atom. The highest BCUT2D eigenvalue weighted by atomic mass is 32.1. The topological polar surface area (TPSA) is 42.2 Å². The third kappa shape index (κ3) is 3.40. The fourth-order valence-electron chi connectivity index (χ4n) is 1.95. The normalized spacial score (nSPS) is 10.3. The second kappa shape index (κ2) is 6.55. The summed E-state index contributed by atoms with van der Waals surface area (Å²) in [6.07, 6.45) is 4.00. The van der Waals surface area contributed by atoms with Crippen LogP contribution >= 0.6 is 12.2 Å². The Morgan fingerprint density at radius 1 is 1.35 bits per heavy atom. The van der Waals surface area contributed by atoms with E-state index in [1.807, 2.05) is 19.2 Å². The Bertz CT molecular complexity index is 384. The Kier molecular flexibility index (Phi) is 5.35. The van der Waals surface area contributed by atoms with Gasteiger partial charge in [-0.2, -0.15) is 0 Å². The predicted molar refractivity (Wildman–Crippen MR) is 77.7 cm³/mol. The Labute approximate surface area is 109 Å². The molecule has 1 aromatic rings. The molecule has 0 spiro atoms. The molecule has 0 aliphatic carbocycles. The van der Waals surface area contributed by atoms with Crippen LogP contribution in [0.2, 0.25) is 0 Å². The first kappa shape index (κ1) is 13.9. The van der Waals surface area contributed by atoms with Gasteiger partial charge in [0.15, 0.2) is 0 Å². The van der Waals surface area contributed by atoms with E-state index in [1.165, 1.54) is 0 Å². The van der Waals surface area contributed by atoms with Gasteiger partial charge in [-0.1, -0.05) is 26.1 Å². The summed E-state index contributed by atoms with van der Waals surface area (Å²) >= 11 is 5.14. The highest BCUT2D eigenvalue weighted by Gasteiger charge is 2.15. The fourth-order valence-corrected chi connectivity index (χ4v) is 2.20. The number of anilines is 1. The predicted octanol–water partition coefficient (Wildman–Crippen LogP) is 2.65. The van der Waals surface area contributed by atoms with Crippen LogP contribution in [0.5, 0.6) is 0 Å². The molecule has 1 rings (SSSR count). The van der Waals surface area contributed by atoms with Gasteiger partial charge in [-0.25, -0.2) is 4.98 Å². The molecule has 0 aliphatic rings. The molecular formula is C13H21N3S. The maximum absolute atomic E-state index is 5.81. The molecule has 4 heteroatoms. The van der Waals surface area contributed by atoms with Gasteiger partial charge >= 0.3 is 0 Å². The van der Waals surface area contributed by atoms with E-state index in [2.05, 4.69) is 23.7 Å². The number of aromatic nitrogens is 1. The van der Waals surface area contributed by atoms with Crippen LogP contribution < -0.4 is 10.6 Å². The van der Waals surface area contributed by atoms with E-state index in [0.29, 0.717) is 4.99 Å². The van der Waals surface area contributed by atoms with Crippen LogP contribution in [0.15, 0.2) is 12.3 Å². The van der Waals surface area contributed by atoms with E-state index in [4.69, 9.17) is 18.0 Å². The number of aryl methyl sites for hydroxylation is 1. The molecule has 0 unspecified atom stereocenters. The van der Waals surface area contributed by atoms with E-state index in [0.717, 1.165) is 42.9 Å². The summed E-state index contributed by atoms with van der Waals surface area (Å²) in [6.45, 7) is 8.33. The standard InChI is InChI=1S/C13H21N3S/c1-4-8-16(9-5-2)13-11(12(14)17)10(3)6-7-15-13/h6-7H,4-5,8-9H2,1-3H3,(H2,14,17). The van der Waals surface area contributed by atoms with E-state index >= 15 is 0 Å². The summed E-state index contributed by atoms with van der Waals surface area (Å²) in [5, 5.41) is 0. The average Bonchev–Trinajstić information content (AvgIpc) is 2.28. The first-order valence-corrected chi connectivity index (χ1v) is 6.53. The third-order valence-corrected chi connectivity index (χ3v) is 2.88. The largest absolute Gasteiger partial charge is 0.389 e. The lowest BCUT2D eigenvalue weighted by Crippen LogP contribution is -2.29. The van der Waals surface area contributed by atoms with Crippen LogP contribution in [0.4, 0.5) is 5.82 Å². The fraction of sp³-hybridized carbons (Fsp3) is 0.538. The maximum atomic E-state index is 5.81. The summed E-state index contributed by atoms with van der Waals surface area (Å²) in [7, 11) is 0. The second-order valence-corrected chi connectivity index (χ2v) is 4.62. The van der Waals surface area contributed by atoms with Crippen molar-refractivity contribution in [3.05, 3.63) is 23.4 Å². The van der Waals surface area contributed by atoms with Gasteiger partial charge in [-0.15, -0.1) is 0 Å². The van der Waals surface area contributed by atoms with Crippen LogP contribution in [0.25, 0.3) is 0 Å². The minimum absolute atomic E-state index is 0.433. The van der Waals surface area contributed by atoms with Crippen LogP contribution in [0.1, 0.15) is 37.8 Å². The molecule has 2 N–H and O–H groups in total. The zero-order valence-electron chi connectivity index (χ0n) is 10.9. The van der Waals surface area contributed by atoms with E-state index in [9.17, 15) is 0 Å². The molecule has 0 aliphatic heterocycles. The van der Waals surface area contributed by atoms with Crippen molar-refractivity contribution in [2.24, 2.45) is 5.73 Å². The highest BCUT2D eigenvalue weighted by Crippen LogP contribution is 2.21. The van der Waals surface area contributed by atoms with Gasteiger partial charge in [0.1, 0.15) is 10.8 Å². The van der Waals surface area contributed by atoms with E-state index < -0.39 is 0 Å². The van der Waals surface area contributed by atoms with Gasteiger partial charge in [0, 0.05) is 19.3 Å². The highest BCUT2D eigenvalue weighted by molar-refractivity contribution is 7.80. The van der Waals surface area contributed by atoms with Crippen molar-refractivity contribution in [1.29, 1.82) is 0 Å². The van der Waals surface area contributed by atoms with Gasteiger partial charge in [0.05, 0.1) is 5.56 Å². The Morgan fingerprint density at radius 3 is 2.41 bits per heavy atom. The van der Waals surface area contributed by atoms with Crippen molar-refractivity contribution >= 4 is 23.0 Å². The molecule has 1 heterocycles. The molecule has 94 valence electrons. The van der Waals surface area contributed by atoms with Crippen molar-refractivity contribution in [2.45, 2.75) is 33.6 Å². The van der Waals surface area contributed by atoms with Gasteiger partial charge < -0.3 is 10.6 Å². The molecule has 1 aromatic heterocycles. The molecular weight excluding hydrogens is 230 g/mol. The Balaban J connectivity index is 3.17. The quantitative estimate of drug-likeness (QED) is 0.789. The first-order chi connectivity index (χ1) is 8.11. The van der Waals surface area contributed by atoms with Crippen molar-refractivity contribution in [1.82, 2.24) is 4.98 Å². The molecule has 0 saturated carbocycles. The van der Waals surface area contributed by atoms with Crippen molar-refractivity contribution in [3.8, 4) is 0 Å². The second-order valence-electron chi connectivity index (χ2n) is 4.18. The molecule has 0 atom stereocenters. The summed E-state index contributed by atoms with van der Waals surface area (Å²) in [6, 6.07) is 1.95. The molecule has 0 saturated heterocycles. The third-order valence-electron chi connectivity index (χ3n) is 2.67. The molecule has 0 bridgehead atoms. The average molecular weight is 251 g/mol. The van der Waals surface area contributed by atoms with Gasteiger partial charge in [0.25, 0.3) is 0 Å². The van der Waals surface area contributed by atoms with Crippen LogP contribution in [-0.2, 0) is 0 Å². The zero-order valence-corrected chi connectivity index (χ0v) is 11.7. The molecule has 0 fully saturated rings. The van der Waals surface area contributed by atoms with Crippen LogP contribution in [0.3, 0.4) is 0 Å². The number of nitrogens with two attached hydrogens (primary N) is 1.